The minimum atomic E-state index is -0.703. The monoisotopic (exact) mass is 413 g/mol. The number of piperidine rings is 1. The number of nitrogens with zero attached hydrogens (tertiary/aromatic N) is 1. The molecule has 144 valence electrons. The fraction of sp³-hybridized carbons (Fsp3) is 0.261. The normalized spacial score (nSPS) is 16.9. The number of carbonyl (C=O) groups is 1. The summed E-state index contributed by atoms with van der Waals surface area (Å²) >= 11 is 12.8. The first-order valence-electron chi connectivity index (χ1n) is 9.44. The molecular weight excluding hydrogens is 393 g/mol. The summed E-state index contributed by atoms with van der Waals surface area (Å²) in [6, 6.07) is 20.2. The highest BCUT2D eigenvalue weighted by Crippen LogP contribution is 2.39. The molecule has 5 heteroatoms. The number of aliphatic carboxylic acids is 1. The molecule has 1 fully saturated rings. The quantitative estimate of drug-likeness (QED) is 0.567. The van der Waals surface area contributed by atoms with Crippen molar-refractivity contribution in [3.8, 4) is 0 Å². The summed E-state index contributed by atoms with van der Waals surface area (Å²) in [4.78, 5) is 13.7. The zero-order chi connectivity index (χ0) is 19.7. The highest BCUT2D eigenvalue weighted by Gasteiger charge is 2.31. The van der Waals surface area contributed by atoms with Crippen LogP contribution in [0, 0.1) is 5.92 Å². The van der Waals surface area contributed by atoms with E-state index in [1.807, 2.05) is 24.3 Å². The number of likely N-dealkylation sites (tertiary alicyclic amines) is 1. The lowest BCUT2D eigenvalue weighted by molar-refractivity contribution is -0.143. The van der Waals surface area contributed by atoms with Crippen molar-refractivity contribution in [3.05, 3.63) is 81.8 Å². The molecule has 0 saturated carbocycles. The lowest BCUT2D eigenvalue weighted by Gasteiger charge is -2.38. The number of benzene rings is 3. The molecule has 0 amide bonds. The van der Waals surface area contributed by atoms with Crippen LogP contribution in [0.25, 0.3) is 10.8 Å². The molecule has 4 rings (SSSR count). The molecule has 1 N–H and O–H groups in total. The van der Waals surface area contributed by atoms with E-state index in [-0.39, 0.29) is 12.0 Å². The first-order valence-corrected chi connectivity index (χ1v) is 10.2. The Bertz CT molecular complexity index is 1010. The van der Waals surface area contributed by atoms with Gasteiger partial charge in [-0.05, 0) is 60.0 Å². The van der Waals surface area contributed by atoms with E-state index in [0.29, 0.717) is 36.0 Å². The second kappa shape index (κ2) is 8.12. The van der Waals surface area contributed by atoms with E-state index >= 15 is 0 Å². The number of hydrogen-bond acceptors (Lipinski definition) is 2. The average molecular weight is 414 g/mol. The summed E-state index contributed by atoms with van der Waals surface area (Å²) in [5.41, 5.74) is 2.17. The van der Waals surface area contributed by atoms with E-state index < -0.39 is 5.97 Å². The van der Waals surface area contributed by atoms with Crippen LogP contribution in [0.2, 0.25) is 10.0 Å². The molecular formula is C23H21Cl2NO2. The second-order valence-electron chi connectivity index (χ2n) is 7.29. The maximum absolute atomic E-state index is 11.4. The molecule has 3 nitrogen and oxygen atoms in total. The van der Waals surface area contributed by atoms with Crippen LogP contribution in [0.5, 0.6) is 0 Å². The van der Waals surface area contributed by atoms with Crippen LogP contribution in [0.15, 0.2) is 60.7 Å². The van der Waals surface area contributed by atoms with Gasteiger partial charge in [-0.2, -0.15) is 0 Å². The number of carboxylic acid groups (broad SMARTS) is 1. The first kappa shape index (κ1) is 19.3. The van der Waals surface area contributed by atoms with Crippen LogP contribution in [-0.4, -0.2) is 29.1 Å². The van der Waals surface area contributed by atoms with Crippen LogP contribution in [0.1, 0.15) is 30.0 Å². The van der Waals surface area contributed by atoms with Crippen molar-refractivity contribution >= 4 is 39.9 Å². The topological polar surface area (TPSA) is 40.5 Å². The molecule has 1 unspecified atom stereocenters. The number of hydrogen-bond donors (Lipinski definition) is 1. The third-order valence-electron chi connectivity index (χ3n) is 5.62. The van der Waals surface area contributed by atoms with Crippen molar-refractivity contribution in [3.63, 3.8) is 0 Å². The molecule has 1 aliphatic rings. The van der Waals surface area contributed by atoms with Gasteiger partial charge in [0.1, 0.15) is 0 Å². The van der Waals surface area contributed by atoms with E-state index in [9.17, 15) is 9.90 Å². The Morgan fingerprint density at radius 2 is 1.68 bits per heavy atom. The molecule has 0 spiro atoms. The van der Waals surface area contributed by atoms with E-state index in [1.165, 1.54) is 16.3 Å². The van der Waals surface area contributed by atoms with Gasteiger partial charge < -0.3 is 5.11 Å². The van der Waals surface area contributed by atoms with Gasteiger partial charge in [-0.25, -0.2) is 0 Å². The Hall–Kier alpha value is -2.07. The van der Waals surface area contributed by atoms with Crippen molar-refractivity contribution in [2.24, 2.45) is 5.92 Å². The lowest BCUT2D eigenvalue weighted by atomic mass is 9.89. The Morgan fingerprint density at radius 3 is 2.39 bits per heavy atom. The van der Waals surface area contributed by atoms with Crippen LogP contribution in [0.4, 0.5) is 0 Å². The lowest BCUT2D eigenvalue weighted by Crippen LogP contribution is -2.39. The van der Waals surface area contributed by atoms with Crippen molar-refractivity contribution in [2.75, 3.05) is 13.1 Å². The largest absolute Gasteiger partial charge is 0.481 e. The minimum Gasteiger partial charge on any atom is -0.481 e. The van der Waals surface area contributed by atoms with Crippen LogP contribution in [0.3, 0.4) is 0 Å². The maximum Gasteiger partial charge on any atom is 0.306 e. The third-order valence-corrected chi connectivity index (χ3v) is 6.18. The minimum absolute atomic E-state index is 0.0504. The van der Waals surface area contributed by atoms with Gasteiger partial charge in [-0.1, -0.05) is 71.7 Å². The maximum atomic E-state index is 11.4. The summed E-state index contributed by atoms with van der Waals surface area (Å²) in [7, 11) is 0. The second-order valence-corrected chi connectivity index (χ2v) is 8.13. The standard InChI is InChI=1S/C23H21Cl2NO2/c24-17-8-9-20(21(25)14-17)22(26-12-10-16(11-13-26)23(27)28)19-7-3-5-15-4-1-2-6-18(15)19/h1-9,14,16,22H,10-13H2,(H,27,28). The van der Waals surface area contributed by atoms with E-state index in [2.05, 4.69) is 35.2 Å². The van der Waals surface area contributed by atoms with E-state index in [4.69, 9.17) is 23.2 Å². The van der Waals surface area contributed by atoms with Gasteiger partial charge in [0, 0.05) is 10.0 Å². The summed E-state index contributed by atoms with van der Waals surface area (Å²) in [5, 5.41) is 13.0. The third kappa shape index (κ3) is 3.75. The summed E-state index contributed by atoms with van der Waals surface area (Å²) in [5.74, 6) is -0.976. The Morgan fingerprint density at radius 1 is 0.964 bits per heavy atom. The Labute approximate surface area is 174 Å². The molecule has 0 aliphatic carbocycles. The molecule has 1 atom stereocenters. The van der Waals surface area contributed by atoms with Gasteiger partial charge in [0.25, 0.3) is 0 Å². The molecule has 3 aromatic carbocycles. The number of rotatable bonds is 4. The molecule has 28 heavy (non-hydrogen) atoms. The van der Waals surface area contributed by atoms with Gasteiger partial charge in [-0.3, -0.25) is 9.69 Å². The molecule has 3 aromatic rings. The molecule has 1 heterocycles. The van der Waals surface area contributed by atoms with E-state index in [1.54, 1.807) is 6.07 Å². The smallest absolute Gasteiger partial charge is 0.306 e. The van der Waals surface area contributed by atoms with Gasteiger partial charge in [-0.15, -0.1) is 0 Å². The highest BCUT2D eigenvalue weighted by molar-refractivity contribution is 6.35. The van der Waals surface area contributed by atoms with E-state index in [0.717, 1.165) is 5.56 Å². The highest BCUT2D eigenvalue weighted by atomic mass is 35.5. The Kier molecular flexibility index (Phi) is 5.58. The molecule has 1 saturated heterocycles. The Balaban J connectivity index is 1.81. The van der Waals surface area contributed by atoms with Gasteiger partial charge >= 0.3 is 5.97 Å². The van der Waals surface area contributed by atoms with Gasteiger partial charge in [0.15, 0.2) is 0 Å². The van der Waals surface area contributed by atoms with Crippen molar-refractivity contribution in [1.29, 1.82) is 0 Å². The summed E-state index contributed by atoms with van der Waals surface area (Å²) < 4.78 is 0. The SMILES string of the molecule is O=C(O)C1CCN(C(c2ccc(Cl)cc2Cl)c2cccc3ccccc23)CC1. The van der Waals surface area contributed by atoms with Gasteiger partial charge in [0.2, 0.25) is 0 Å². The summed E-state index contributed by atoms with van der Waals surface area (Å²) in [6.45, 7) is 1.42. The number of halogens is 2. The van der Waals surface area contributed by atoms with Crippen LogP contribution in [-0.2, 0) is 4.79 Å². The predicted octanol–water partition coefficient (Wildman–Crippen LogP) is 6.03. The summed E-state index contributed by atoms with van der Waals surface area (Å²) in [6.07, 6.45) is 1.28. The van der Waals surface area contributed by atoms with Crippen LogP contribution >= 0.6 is 23.2 Å². The van der Waals surface area contributed by atoms with Gasteiger partial charge in [0.05, 0.1) is 12.0 Å². The number of carboxylic acids is 1. The first-order chi connectivity index (χ1) is 13.5. The van der Waals surface area contributed by atoms with Crippen molar-refractivity contribution < 1.29 is 9.90 Å². The van der Waals surface area contributed by atoms with Crippen molar-refractivity contribution in [2.45, 2.75) is 18.9 Å². The molecule has 0 radical (unpaired) electrons. The average Bonchev–Trinajstić information content (AvgIpc) is 2.70. The fourth-order valence-electron chi connectivity index (χ4n) is 4.18. The number of fused-ring (bicyclic) bond motifs is 1. The van der Waals surface area contributed by atoms with Crippen LogP contribution < -0.4 is 0 Å². The zero-order valence-electron chi connectivity index (χ0n) is 15.3. The predicted molar refractivity (Wildman–Crippen MR) is 114 cm³/mol. The molecule has 0 aromatic heterocycles. The molecule has 0 bridgehead atoms. The fourth-order valence-corrected chi connectivity index (χ4v) is 4.69. The molecule has 1 aliphatic heterocycles. The zero-order valence-corrected chi connectivity index (χ0v) is 16.8. The van der Waals surface area contributed by atoms with Crippen molar-refractivity contribution in [1.82, 2.24) is 4.90 Å².